The topological polar surface area (TPSA) is 67.3 Å². The summed E-state index contributed by atoms with van der Waals surface area (Å²) in [5.41, 5.74) is 2.28. The van der Waals surface area contributed by atoms with E-state index in [1.165, 1.54) is 4.90 Å². The zero-order valence-electron chi connectivity index (χ0n) is 10.1. The first-order valence-electron chi connectivity index (χ1n) is 5.46. The molecule has 1 aliphatic heterocycles. The van der Waals surface area contributed by atoms with E-state index in [-0.39, 0.29) is 18.9 Å². The summed E-state index contributed by atoms with van der Waals surface area (Å²) in [4.78, 5) is 17.5. The maximum atomic E-state index is 11.9. The van der Waals surface area contributed by atoms with Crippen molar-refractivity contribution in [3.05, 3.63) is 23.5 Å². The molecule has 0 saturated carbocycles. The van der Waals surface area contributed by atoms with Gasteiger partial charge in [0.05, 0.1) is 11.4 Å². The van der Waals surface area contributed by atoms with Crippen molar-refractivity contribution in [2.75, 3.05) is 11.4 Å². The van der Waals surface area contributed by atoms with E-state index in [4.69, 9.17) is 10.7 Å². The van der Waals surface area contributed by atoms with Gasteiger partial charge >= 0.3 is 0 Å². The number of halogens is 1. The molecule has 1 fully saturated rings. The molecule has 7 heteroatoms. The fourth-order valence-corrected chi connectivity index (χ4v) is 3.20. The van der Waals surface area contributed by atoms with Crippen molar-refractivity contribution < 1.29 is 13.2 Å². The van der Waals surface area contributed by atoms with Crippen molar-refractivity contribution in [1.29, 1.82) is 0 Å². The second-order valence-electron chi connectivity index (χ2n) is 4.37. The van der Waals surface area contributed by atoms with E-state index in [0.717, 1.165) is 5.56 Å². The molecule has 0 aromatic carbocycles. The molecule has 0 aliphatic carbocycles. The Bertz CT molecular complexity index is 580. The number of anilines is 1. The molecule has 18 heavy (non-hydrogen) atoms. The van der Waals surface area contributed by atoms with Crippen molar-refractivity contribution in [3.63, 3.8) is 0 Å². The van der Waals surface area contributed by atoms with Crippen LogP contribution < -0.4 is 4.90 Å². The number of hydrogen-bond acceptors (Lipinski definition) is 4. The number of aryl methyl sites for hydroxylation is 2. The normalized spacial score (nSPS) is 20.5. The Kier molecular flexibility index (Phi) is 3.33. The predicted octanol–water partition coefficient (Wildman–Crippen LogP) is 1.37. The van der Waals surface area contributed by atoms with Crippen LogP contribution in [0.5, 0.6) is 0 Å². The van der Waals surface area contributed by atoms with Gasteiger partial charge in [-0.25, -0.2) is 8.42 Å². The van der Waals surface area contributed by atoms with Crippen LogP contribution >= 0.6 is 10.7 Å². The Morgan fingerprint density at radius 3 is 2.61 bits per heavy atom. The molecule has 1 unspecified atom stereocenters. The third-order valence-electron chi connectivity index (χ3n) is 3.07. The molecular weight excluding hydrogens is 276 g/mol. The summed E-state index contributed by atoms with van der Waals surface area (Å²) in [6.07, 6.45) is 1.59. The highest BCUT2D eigenvalue weighted by Gasteiger charge is 2.38. The molecule has 1 aliphatic rings. The lowest BCUT2D eigenvalue weighted by atomic mass is 10.2. The predicted molar refractivity (Wildman–Crippen MR) is 69.2 cm³/mol. The number of rotatable bonds is 2. The maximum Gasteiger partial charge on any atom is 0.237 e. The second kappa shape index (κ2) is 4.51. The largest absolute Gasteiger partial charge is 0.309 e. The van der Waals surface area contributed by atoms with Crippen LogP contribution in [0.25, 0.3) is 0 Å². The fraction of sp³-hybridized carbons (Fsp3) is 0.455. The summed E-state index contributed by atoms with van der Waals surface area (Å²) in [6.45, 7) is 3.75. The molecule has 0 radical (unpaired) electrons. The SMILES string of the molecule is Cc1ccnc(C)c1N1CC(S(=O)(=O)Cl)CC1=O. The third-order valence-corrected chi connectivity index (χ3v) is 4.93. The Hall–Kier alpha value is -1.14. The third kappa shape index (κ3) is 2.35. The molecule has 98 valence electrons. The summed E-state index contributed by atoms with van der Waals surface area (Å²) >= 11 is 0. The summed E-state index contributed by atoms with van der Waals surface area (Å²) < 4.78 is 22.6. The lowest BCUT2D eigenvalue weighted by molar-refractivity contribution is -0.117. The quantitative estimate of drug-likeness (QED) is 0.771. The monoisotopic (exact) mass is 288 g/mol. The second-order valence-corrected chi connectivity index (χ2v) is 7.28. The average molecular weight is 289 g/mol. The van der Waals surface area contributed by atoms with Gasteiger partial charge in [-0.1, -0.05) is 0 Å². The number of nitrogens with zero attached hydrogens (tertiary/aromatic N) is 2. The Morgan fingerprint density at radius 1 is 1.44 bits per heavy atom. The van der Waals surface area contributed by atoms with Gasteiger partial charge in [-0.2, -0.15) is 0 Å². The van der Waals surface area contributed by atoms with E-state index in [0.29, 0.717) is 11.4 Å². The van der Waals surface area contributed by atoms with Crippen LogP contribution in [-0.2, 0) is 13.8 Å². The molecular formula is C11H13ClN2O3S. The van der Waals surface area contributed by atoms with Crippen LogP contribution in [-0.4, -0.2) is 31.1 Å². The average Bonchev–Trinajstić information content (AvgIpc) is 2.60. The van der Waals surface area contributed by atoms with Gasteiger partial charge < -0.3 is 4.90 Å². The first-order chi connectivity index (χ1) is 8.30. The van der Waals surface area contributed by atoms with Gasteiger partial charge in [-0.15, -0.1) is 0 Å². The van der Waals surface area contributed by atoms with E-state index < -0.39 is 14.3 Å². The van der Waals surface area contributed by atoms with Crippen LogP contribution in [0.15, 0.2) is 12.3 Å². The van der Waals surface area contributed by atoms with Gasteiger partial charge in [-0.05, 0) is 25.5 Å². The van der Waals surface area contributed by atoms with Crippen molar-refractivity contribution in [2.24, 2.45) is 0 Å². The molecule has 5 nitrogen and oxygen atoms in total. The van der Waals surface area contributed by atoms with Crippen molar-refractivity contribution >= 4 is 31.3 Å². The van der Waals surface area contributed by atoms with Gasteiger partial charge in [-0.3, -0.25) is 9.78 Å². The number of aromatic nitrogens is 1. The number of amides is 1. The number of pyridine rings is 1. The van der Waals surface area contributed by atoms with Crippen molar-refractivity contribution in [1.82, 2.24) is 4.98 Å². The minimum atomic E-state index is -3.71. The molecule has 0 N–H and O–H groups in total. The summed E-state index contributed by atoms with van der Waals surface area (Å²) in [6, 6.07) is 1.79. The number of carbonyl (C=O) groups is 1. The van der Waals surface area contributed by atoms with Gasteiger partial charge in [0.2, 0.25) is 15.0 Å². The Labute approximate surface area is 110 Å². The molecule has 1 atom stereocenters. The minimum absolute atomic E-state index is 0.0698. The van der Waals surface area contributed by atoms with E-state index in [1.807, 2.05) is 6.92 Å². The molecule has 1 saturated heterocycles. The zero-order valence-corrected chi connectivity index (χ0v) is 11.6. The van der Waals surface area contributed by atoms with Gasteiger partial charge in [0, 0.05) is 29.8 Å². The van der Waals surface area contributed by atoms with E-state index in [2.05, 4.69) is 4.98 Å². The standard InChI is InChI=1S/C11H13ClN2O3S/c1-7-3-4-13-8(2)11(7)14-6-9(5-10(14)15)18(12,16)17/h3-4,9H,5-6H2,1-2H3. The number of carbonyl (C=O) groups excluding carboxylic acids is 1. The molecule has 1 aromatic heterocycles. The smallest absolute Gasteiger partial charge is 0.237 e. The highest BCUT2D eigenvalue weighted by Crippen LogP contribution is 2.30. The molecule has 2 rings (SSSR count). The van der Waals surface area contributed by atoms with E-state index in [1.54, 1.807) is 19.2 Å². The number of hydrogen-bond donors (Lipinski definition) is 0. The van der Waals surface area contributed by atoms with Crippen LogP contribution in [0, 0.1) is 13.8 Å². The maximum absolute atomic E-state index is 11.9. The molecule has 0 spiro atoms. The minimum Gasteiger partial charge on any atom is -0.309 e. The molecule has 1 amide bonds. The first kappa shape index (κ1) is 13.3. The van der Waals surface area contributed by atoms with E-state index >= 15 is 0 Å². The van der Waals surface area contributed by atoms with Crippen LogP contribution in [0.2, 0.25) is 0 Å². The lowest BCUT2D eigenvalue weighted by Gasteiger charge is -2.20. The first-order valence-corrected chi connectivity index (χ1v) is 7.84. The summed E-state index contributed by atoms with van der Waals surface area (Å²) in [5.74, 6) is -0.233. The molecule has 0 bridgehead atoms. The summed E-state index contributed by atoms with van der Waals surface area (Å²) in [5, 5.41) is -0.842. The fourth-order valence-electron chi connectivity index (χ4n) is 2.17. The lowest BCUT2D eigenvalue weighted by Crippen LogP contribution is -2.28. The van der Waals surface area contributed by atoms with Crippen molar-refractivity contribution in [2.45, 2.75) is 25.5 Å². The zero-order chi connectivity index (χ0) is 13.5. The van der Waals surface area contributed by atoms with Gasteiger partial charge in [0.15, 0.2) is 0 Å². The van der Waals surface area contributed by atoms with Crippen molar-refractivity contribution in [3.8, 4) is 0 Å². The van der Waals surface area contributed by atoms with E-state index in [9.17, 15) is 13.2 Å². The molecule has 1 aromatic rings. The van der Waals surface area contributed by atoms with Gasteiger partial charge in [0.25, 0.3) is 0 Å². The highest BCUT2D eigenvalue weighted by atomic mass is 35.7. The Balaban J connectivity index is 2.39. The van der Waals surface area contributed by atoms with Crippen LogP contribution in [0.3, 0.4) is 0 Å². The Morgan fingerprint density at radius 2 is 2.11 bits per heavy atom. The molecule has 2 heterocycles. The highest BCUT2D eigenvalue weighted by molar-refractivity contribution is 8.14. The van der Waals surface area contributed by atoms with Crippen LogP contribution in [0.4, 0.5) is 5.69 Å². The van der Waals surface area contributed by atoms with Gasteiger partial charge in [0.1, 0.15) is 5.25 Å². The summed E-state index contributed by atoms with van der Waals surface area (Å²) in [7, 11) is 1.60. The van der Waals surface area contributed by atoms with Crippen LogP contribution in [0.1, 0.15) is 17.7 Å².